The number of rotatable bonds is 5. The van der Waals surface area contributed by atoms with Gasteiger partial charge in [0.05, 0.1) is 0 Å². The Morgan fingerprint density at radius 3 is 2.70 bits per heavy atom. The highest BCUT2D eigenvalue weighted by Gasteiger charge is 2.31. The Balaban J connectivity index is 1.62. The van der Waals surface area contributed by atoms with Crippen molar-refractivity contribution < 1.29 is 14.0 Å². The molecule has 3 rings (SSSR count). The summed E-state index contributed by atoms with van der Waals surface area (Å²) in [7, 11) is 0. The van der Waals surface area contributed by atoms with Gasteiger partial charge in [-0.2, -0.15) is 0 Å². The van der Waals surface area contributed by atoms with E-state index in [1.54, 1.807) is 11.8 Å². The first-order chi connectivity index (χ1) is 13.1. The Morgan fingerprint density at radius 2 is 2.00 bits per heavy atom. The second kappa shape index (κ2) is 9.26. The molecule has 0 bridgehead atoms. The maximum atomic E-state index is 13.9. The predicted molar refractivity (Wildman–Crippen MR) is 101 cm³/mol. The normalized spacial score (nSPS) is 21.1. The summed E-state index contributed by atoms with van der Waals surface area (Å²) in [4.78, 5) is 34.8. The average molecular weight is 376 g/mol. The van der Waals surface area contributed by atoms with Crippen molar-refractivity contribution in [3.05, 3.63) is 29.8 Å². The van der Waals surface area contributed by atoms with Crippen LogP contribution < -0.4 is 0 Å². The molecule has 0 N–H and O–H groups in total. The monoisotopic (exact) mass is 376 g/mol. The summed E-state index contributed by atoms with van der Waals surface area (Å²) in [5, 5.41) is 0. The van der Waals surface area contributed by atoms with Gasteiger partial charge in [-0.15, -0.1) is 0 Å². The van der Waals surface area contributed by atoms with Crippen LogP contribution in [-0.2, 0) is 4.79 Å². The summed E-state index contributed by atoms with van der Waals surface area (Å²) >= 11 is 0. The second-order valence-corrected chi connectivity index (χ2v) is 7.50. The van der Waals surface area contributed by atoms with E-state index >= 15 is 0 Å². The van der Waals surface area contributed by atoms with Gasteiger partial charge >= 0.3 is 0 Å². The topological polar surface area (TPSA) is 56.8 Å². The van der Waals surface area contributed by atoms with Crippen LogP contribution in [-0.4, -0.2) is 76.8 Å². The molecule has 1 atom stereocenters. The average Bonchev–Trinajstić information content (AvgIpc) is 2.69. The van der Waals surface area contributed by atoms with Crippen LogP contribution in [0.5, 0.6) is 0 Å². The van der Waals surface area contributed by atoms with Crippen LogP contribution in [0.2, 0.25) is 0 Å². The highest BCUT2D eigenvalue weighted by Crippen LogP contribution is 2.19. The maximum Gasteiger partial charge on any atom is 0.275 e. The van der Waals surface area contributed by atoms with Crippen LogP contribution in [0.15, 0.2) is 18.3 Å². The minimum absolute atomic E-state index is 0.0169. The van der Waals surface area contributed by atoms with E-state index in [4.69, 9.17) is 0 Å². The molecule has 0 aromatic carbocycles. The molecular weight excluding hydrogens is 347 g/mol. The fourth-order valence-electron chi connectivity index (χ4n) is 4.12. The molecule has 7 heteroatoms. The number of hydrogen-bond acceptors (Lipinski definition) is 4. The van der Waals surface area contributed by atoms with E-state index in [9.17, 15) is 14.0 Å². The fraction of sp³-hybridized carbons (Fsp3) is 0.650. The standard InChI is InChI=1S/C20H29FN4O2/c1-16(26)25(14-13-23-10-3-2-4-11-23)17-7-6-12-24(15-17)20(27)19-18(21)8-5-9-22-19/h5,8-9,17H,2-4,6-7,10-15H2,1H3. The highest BCUT2D eigenvalue weighted by atomic mass is 19.1. The molecule has 148 valence electrons. The maximum absolute atomic E-state index is 13.9. The number of aromatic nitrogens is 1. The van der Waals surface area contributed by atoms with Crippen LogP contribution in [0.1, 0.15) is 49.5 Å². The largest absolute Gasteiger partial charge is 0.337 e. The van der Waals surface area contributed by atoms with Gasteiger partial charge in [-0.05, 0) is 50.9 Å². The van der Waals surface area contributed by atoms with Crippen molar-refractivity contribution in [2.75, 3.05) is 39.3 Å². The van der Waals surface area contributed by atoms with Gasteiger partial charge in [0.2, 0.25) is 5.91 Å². The minimum atomic E-state index is -0.599. The Bertz CT molecular complexity index is 663. The summed E-state index contributed by atoms with van der Waals surface area (Å²) in [6.07, 6.45) is 6.84. The third-order valence-electron chi connectivity index (χ3n) is 5.60. The van der Waals surface area contributed by atoms with Crippen molar-refractivity contribution in [3.63, 3.8) is 0 Å². The molecule has 0 spiro atoms. The number of amides is 2. The SMILES string of the molecule is CC(=O)N(CCN1CCCCC1)C1CCCN(C(=O)c2ncccc2F)C1. The van der Waals surface area contributed by atoms with E-state index in [1.165, 1.54) is 37.6 Å². The molecule has 1 aromatic heterocycles. The van der Waals surface area contributed by atoms with Crippen molar-refractivity contribution in [2.24, 2.45) is 0 Å². The summed E-state index contributed by atoms with van der Waals surface area (Å²) in [6, 6.07) is 2.71. The molecule has 2 saturated heterocycles. The number of carbonyl (C=O) groups excluding carboxylic acids is 2. The van der Waals surface area contributed by atoms with Crippen LogP contribution in [0, 0.1) is 5.82 Å². The second-order valence-electron chi connectivity index (χ2n) is 7.50. The van der Waals surface area contributed by atoms with E-state index in [1.807, 2.05) is 4.90 Å². The number of pyridine rings is 1. The van der Waals surface area contributed by atoms with Crippen LogP contribution in [0.3, 0.4) is 0 Å². The van der Waals surface area contributed by atoms with Gasteiger partial charge in [-0.1, -0.05) is 6.42 Å². The zero-order valence-electron chi connectivity index (χ0n) is 16.1. The first-order valence-corrected chi connectivity index (χ1v) is 9.95. The third kappa shape index (κ3) is 5.03. The van der Waals surface area contributed by atoms with E-state index in [2.05, 4.69) is 9.88 Å². The Kier molecular flexibility index (Phi) is 6.77. The summed E-state index contributed by atoms with van der Waals surface area (Å²) in [5.74, 6) is -0.953. The van der Waals surface area contributed by atoms with Crippen molar-refractivity contribution >= 4 is 11.8 Å². The quantitative estimate of drug-likeness (QED) is 0.790. The molecule has 2 aliphatic heterocycles. The van der Waals surface area contributed by atoms with Gasteiger partial charge in [0.1, 0.15) is 0 Å². The lowest BCUT2D eigenvalue weighted by Gasteiger charge is -2.40. The molecule has 27 heavy (non-hydrogen) atoms. The molecule has 2 aliphatic rings. The fourth-order valence-corrected chi connectivity index (χ4v) is 4.12. The Labute approximate surface area is 160 Å². The molecule has 6 nitrogen and oxygen atoms in total. The molecule has 0 aliphatic carbocycles. The molecule has 1 unspecified atom stereocenters. The summed E-state index contributed by atoms with van der Waals surface area (Å²) < 4.78 is 13.9. The zero-order valence-corrected chi connectivity index (χ0v) is 16.1. The van der Waals surface area contributed by atoms with E-state index in [0.717, 1.165) is 32.5 Å². The van der Waals surface area contributed by atoms with Gasteiger partial charge < -0.3 is 14.7 Å². The summed E-state index contributed by atoms with van der Waals surface area (Å²) in [5.41, 5.74) is -0.138. The van der Waals surface area contributed by atoms with Crippen LogP contribution >= 0.6 is 0 Å². The Hall–Kier alpha value is -2.02. The van der Waals surface area contributed by atoms with Gasteiger partial charge in [-0.25, -0.2) is 9.37 Å². The Morgan fingerprint density at radius 1 is 1.22 bits per heavy atom. The molecule has 3 heterocycles. The number of halogens is 1. The molecule has 2 amide bonds. The van der Waals surface area contributed by atoms with Crippen molar-refractivity contribution in [3.8, 4) is 0 Å². The smallest absolute Gasteiger partial charge is 0.275 e. The third-order valence-corrected chi connectivity index (χ3v) is 5.60. The zero-order chi connectivity index (χ0) is 19.2. The van der Waals surface area contributed by atoms with Crippen molar-refractivity contribution in [1.29, 1.82) is 0 Å². The van der Waals surface area contributed by atoms with E-state index in [0.29, 0.717) is 19.6 Å². The summed E-state index contributed by atoms with van der Waals surface area (Å²) in [6.45, 7) is 6.35. The number of carbonyl (C=O) groups is 2. The predicted octanol–water partition coefficient (Wildman–Crippen LogP) is 2.16. The first-order valence-electron chi connectivity index (χ1n) is 9.95. The lowest BCUT2D eigenvalue weighted by Crippen LogP contribution is -2.53. The number of likely N-dealkylation sites (tertiary alicyclic amines) is 2. The van der Waals surface area contributed by atoms with E-state index in [-0.39, 0.29) is 17.6 Å². The molecular formula is C20H29FN4O2. The van der Waals surface area contributed by atoms with Crippen LogP contribution in [0.4, 0.5) is 4.39 Å². The molecule has 0 radical (unpaired) electrons. The van der Waals surface area contributed by atoms with Gasteiger partial charge in [0.25, 0.3) is 5.91 Å². The van der Waals surface area contributed by atoms with Crippen LogP contribution in [0.25, 0.3) is 0 Å². The first kappa shape index (κ1) is 19.7. The van der Waals surface area contributed by atoms with Gasteiger partial charge in [0, 0.05) is 45.3 Å². The number of hydrogen-bond donors (Lipinski definition) is 0. The van der Waals surface area contributed by atoms with Gasteiger partial charge in [-0.3, -0.25) is 9.59 Å². The molecule has 0 saturated carbocycles. The van der Waals surface area contributed by atoms with Crippen molar-refractivity contribution in [2.45, 2.75) is 45.1 Å². The highest BCUT2D eigenvalue weighted by molar-refractivity contribution is 5.92. The lowest BCUT2D eigenvalue weighted by molar-refractivity contribution is -0.132. The lowest BCUT2D eigenvalue weighted by atomic mass is 10.0. The minimum Gasteiger partial charge on any atom is -0.337 e. The number of nitrogens with zero attached hydrogens (tertiary/aromatic N) is 4. The number of piperidine rings is 2. The molecule has 2 fully saturated rings. The van der Waals surface area contributed by atoms with E-state index < -0.39 is 11.7 Å². The molecule has 1 aromatic rings. The van der Waals surface area contributed by atoms with Gasteiger partial charge in [0.15, 0.2) is 11.5 Å². The van der Waals surface area contributed by atoms with Crippen molar-refractivity contribution in [1.82, 2.24) is 19.7 Å².